The molecule has 1 aliphatic rings. The van der Waals surface area contributed by atoms with E-state index >= 15 is 0 Å². The van der Waals surface area contributed by atoms with Crippen molar-refractivity contribution in [3.63, 3.8) is 0 Å². The molecule has 1 atom stereocenters. The Morgan fingerprint density at radius 2 is 2.30 bits per heavy atom. The lowest BCUT2D eigenvalue weighted by atomic mass is 10.0. The van der Waals surface area contributed by atoms with E-state index in [-0.39, 0.29) is 17.6 Å². The summed E-state index contributed by atoms with van der Waals surface area (Å²) in [5.41, 5.74) is -0.454. The van der Waals surface area contributed by atoms with Gasteiger partial charge in [0.15, 0.2) is 0 Å². The Morgan fingerprint density at radius 3 is 2.95 bits per heavy atom. The molecule has 0 saturated carbocycles. The molecule has 0 bridgehead atoms. The smallest absolute Gasteiger partial charge is 0.257 e. The normalized spacial score (nSPS) is 21.9. The molecule has 0 radical (unpaired) electrons. The highest BCUT2D eigenvalue weighted by Crippen LogP contribution is 2.25. The van der Waals surface area contributed by atoms with E-state index in [1.54, 1.807) is 4.90 Å². The molecule has 1 saturated heterocycles. The Morgan fingerprint density at radius 1 is 1.60 bits per heavy atom. The largest absolute Gasteiger partial charge is 0.368 e. The first-order valence-electron chi connectivity index (χ1n) is 6.30. The van der Waals surface area contributed by atoms with Crippen molar-refractivity contribution in [3.05, 3.63) is 34.6 Å². The molecule has 0 aromatic heterocycles. The minimum absolute atomic E-state index is 0.00326. The third kappa shape index (κ3) is 3.51. The van der Waals surface area contributed by atoms with Gasteiger partial charge in [0.2, 0.25) is 0 Å². The summed E-state index contributed by atoms with van der Waals surface area (Å²) >= 11 is 9.21. The molecule has 110 valence electrons. The van der Waals surface area contributed by atoms with E-state index in [9.17, 15) is 9.18 Å². The predicted octanol–water partition coefficient (Wildman–Crippen LogP) is 3.49. The summed E-state index contributed by atoms with van der Waals surface area (Å²) in [4.78, 5) is 14.1. The number of benzene rings is 1. The van der Waals surface area contributed by atoms with Crippen LogP contribution in [0.1, 0.15) is 24.2 Å². The van der Waals surface area contributed by atoms with Gasteiger partial charge in [-0.05, 0) is 32.0 Å². The van der Waals surface area contributed by atoms with Gasteiger partial charge in [0.1, 0.15) is 5.82 Å². The lowest BCUT2D eigenvalue weighted by Crippen LogP contribution is -2.55. The molecule has 20 heavy (non-hydrogen) atoms. The standard InChI is InChI=1S/C14H16BrClFNO2/c1-14(2)8-18(7-10(6-15)20-14)13(19)11-5-9(16)3-4-12(11)17/h3-5,10H,6-8H2,1-2H3. The highest BCUT2D eigenvalue weighted by Gasteiger charge is 2.36. The maximum Gasteiger partial charge on any atom is 0.257 e. The van der Waals surface area contributed by atoms with Crippen molar-refractivity contribution in [2.45, 2.75) is 25.6 Å². The predicted molar refractivity (Wildman–Crippen MR) is 80.1 cm³/mol. The maximum absolute atomic E-state index is 13.8. The first-order valence-corrected chi connectivity index (χ1v) is 7.80. The van der Waals surface area contributed by atoms with Crippen LogP contribution in [0.25, 0.3) is 0 Å². The number of hydrogen-bond acceptors (Lipinski definition) is 2. The zero-order chi connectivity index (χ0) is 14.9. The van der Waals surface area contributed by atoms with Crippen molar-refractivity contribution >= 4 is 33.4 Å². The highest BCUT2D eigenvalue weighted by molar-refractivity contribution is 9.09. The van der Waals surface area contributed by atoms with Crippen LogP contribution in [0, 0.1) is 5.82 Å². The lowest BCUT2D eigenvalue weighted by Gasteiger charge is -2.42. The van der Waals surface area contributed by atoms with Crippen LogP contribution in [0.4, 0.5) is 4.39 Å². The number of ether oxygens (including phenoxy) is 1. The van der Waals surface area contributed by atoms with Crippen LogP contribution in [0.15, 0.2) is 18.2 Å². The van der Waals surface area contributed by atoms with Gasteiger partial charge in [-0.3, -0.25) is 4.79 Å². The SMILES string of the molecule is CC1(C)CN(C(=O)c2cc(Cl)ccc2F)CC(CBr)O1. The Balaban J connectivity index is 2.25. The minimum Gasteiger partial charge on any atom is -0.368 e. The van der Waals surface area contributed by atoms with Gasteiger partial charge in [-0.1, -0.05) is 27.5 Å². The number of halogens is 3. The fourth-order valence-corrected chi connectivity index (χ4v) is 2.87. The number of rotatable bonds is 2. The summed E-state index contributed by atoms with van der Waals surface area (Å²) in [5, 5.41) is 0.970. The van der Waals surface area contributed by atoms with Gasteiger partial charge >= 0.3 is 0 Å². The molecular formula is C14H16BrClFNO2. The summed E-state index contributed by atoms with van der Waals surface area (Å²) in [5.74, 6) is -0.911. The van der Waals surface area contributed by atoms with Crippen LogP contribution in [-0.4, -0.2) is 40.9 Å². The number of amides is 1. The molecule has 0 spiro atoms. The Hall–Kier alpha value is -0.650. The maximum atomic E-state index is 13.8. The fraction of sp³-hybridized carbons (Fsp3) is 0.500. The van der Waals surface area contributed by atoms with Crippen LogP contribution in [0.3, 0.4) is 0 Å². The van der Waals surface area contributed by atoms with Gasteiger partial charge in [-0.15, -0.1) is 0 Å². The van der Waals surface area contributed by atoms with Crippen molar-refractivity contribution in [3.8, 4) is 0 Å². The third-order valence-electron chi connectivity index (χ3n) is 3.10. The molecule has 1 aromatic carbocycles. The van der Waals surface area contributed by atoms with Crippen molar-refractivity contribution in [1.82, 2.24) is 4.90 Å². The summed E-state index contributed by atoms with van der Waals surface area (Å²) in [6.07, 6.45) is -0.107. The zero-order valence-corrected chi connectivity index (χ0v) is 13.7. The quantitative estimate of drug-likeness (QED) is 0.752. The second-order valence-corrected chi connectivity index (χ2v) is 6.55. The molecule has 1 fully saturated rings. The minimum atomic E-state index is -0.556. The number of morpholine rings is 1. The Bertz CT molecular complexity index is 524. The molecule has 0 aliphatic carbocycles. The monoisotopic (exact) mass is 363 g/mol. The van der Waals surface area contributed by atoms with Crippen LogP contribution in [0.2, 0.25) is 5.02 Å². The number of hydrogen-bond donors (Lipinski definition) is 0. The summed E-state index contributed by atoms with van der Waals surface area (Å²) in [6.45, 7) is 4.67. The summed E-state index contributed by atoms with van der Waals surface area (Å²) in [7, 11) is 0. The van der Waals surface area contributed by atoms with Gasteiger partial charge in [0.25, 0.3) is 5.91 Å². The van der Waals surface area contributed by atoms with Crippen molar-refractivity contribution in [2.75, 3.05) is 18.4 Å². The lowest BCUT2D eigenvalue weighted by molar-refractivity contribution is -0.116. The van der Waals surface area contributed by atoms with Crippen LogP contribution in [-0.2, 0) is 4.74 Å². The summed E-state index contributed by atoms with van der Waals surface area (Å²) in [6, 6.07) is 4.01. The van der Waals surface area contributed by atoms with Crippen molar-refractivity contribution in [1.29, 1.82) is 0 Å². The number of alkyl halides is 1. The molecule has 2 rings (SSSR count). The van der Waals surface area contributed by atoms with E-state index < -0.39 is 11.4 Å². The molecule has 1 unspecified atom stereocenters. The number of nitrogens with zero attached hydrogens (tertiary/aromatic N) is 1. The van der Waals surface area contributed by atoms with Crippen molar-refractivity contribution in [2.24, 2.45) is 0 Å². The Labute approximate surface area is 131 Å². The second kappa shape index (κ2) is 6.00. The van der Waals surface area contributed by atoms with E-state index in [1.165, 1.54) is 18.2 Å². The topological polar surface area (TPSA) is 29.5 Å². The Kier molecular flexibility index (Phi) is 4.72. The van der Waals surface area contributed by atoms with Gasteiger partial charge in [0, 0.05) is 23.4 Å². The summed E-state index contributed by atoms with van der Waals surface area (Å²) < 4.78 is 19.6. The van der Waals surface area contributed by atoms with E-state index in [0.717, 1.165) is 0 Å². The highest BCUT2D eigenvalue weighted by atomic mass is 79.9. The average Bonchev–Trinajstić information content (AvgIpc) is 2.38. The van der Waals surface area contributed by atoms with E-state index in [0.29, 0.717) is 23.4 Å². The molecule has 6 heteroatoms. The van der Waals surface area contributed by atoms with Gasteiger partial charge < -0.3 is 9.64 Å². The van der Waals surface area contributed by atoms with E-state index in [1.807, 2.05) is 13.8 Å². The fourth-order valence-electron chi connectivity index (χ4n) is 2.36. The zero-order valence-electron chi connectivity index (χ0n) is 11.3. The van der Waals surface area contributed by atoms with E-state index in [2.05, 4.69) is 15.9 Å². The molecule has 1 heterocycles. The molecule has 1 aromatic rings. The third-order valence-corrected chi connectivity index (χ3v) is 4.06. The van der Waals surface area contributed by atoms with Crippen LogP contribution < -0.4 is 0 Å². The molecular weight excluding hydrogens is 349 g/mol. The van der Waals surface area contributed by atoms with Crippen LogP contribution in [0.5, 0.6) is 0 Å². The first kappa shape index (κ1) is 15.7. The van der Waals surface area contributed by atoms with E-state index in [4.69, 9.17) is 16.3 Å². The number of carbonyl (C=O) groups is 1. The molecule has 1 aliphatic heterocycles. The average molecular weight is 365 g/mol. The number of carbonyl (C=O) groups excluding carboxylic acids is 1. The van der Waals surface area contributed by atoms with Crippen molar-refractivity contribution < 1.29 is 13.9 Å². The molecule has 0 N–H and O–H groups in total. The molecule has 3 nitrogen and oxygen atoms in total. The van der Waals surface area contributed by atoms with Gasteiger partial charge in [-0.2, -0.15) is 0 Å². The first-order chi connectivity index (χ1) is 9.32. The van der Waals surface area contributed by atoms with Crippen LogP contribution >= 0.6 is 27.5 Å². The van der Waals surface area contributed by atoms with Gasteiger partial charge in [0.05, 0.1) is 17.3 Å². The van der Waals surface area contributed by atoms with Gasteiger partial charge in [-0.25, -0.2) is 4.39 Å². The molecule has 1 amide bonds. The second-order valence-electron chi connectivity index (χ2n) is 5.46.